The molecule has 2 amide bonds. The summed E-state index contributed by atoms with van der Waals surface area (Å²) < 4.78 is 16.2. The summed E-state index contributed by atoms with van der Waals surface area (Å²) in [5.74, 6) is -1.11. The molecule has 1 atom stereocenters. The summed E-state index contributed by atoms with van der Waals surface area (Å²) in [4.78, 5) is 51.0. The first-order chi connectivity index (χ1) is 19.3. The zero-order chi connectivity index (χ0) is 28.5. The van der Waals surface area contributed by atoms with Crippen molar-refractivity contribution in [2.45, 2.75) is 33.1 Å². The van der Waals surface area contributed by atoms with E-state index in [0.29, 0.717) is 35.0 Å². The number of amides is 2. The van der Waals surface area contributed by atoms with Crippen molar-refractivity contribution >= 4 is 35.1 Å². The van der Waals surface area contributed by atoms with Gasteiger partial charge in [0.25, 0.3) is 5.91 Å². The maximum Gasteiger partial charge on any atom is 0.338 e. The predicted octanol–water partition coefficient (Wildman–Crippen LogP) is 5.28. The highest BCUT2D eigenvalue weighted by atomic mass is 16.5. The van der Waals surface area contributed by atoms with E-state index in [1.54, 1.807) is 48.5 Å². The average molecular weight is 545 g/mol. The van der Waals surface area contributed by atoms with Crippen LogP contribution in [0.25, 0.3) is 0 Å². The van der Waals surface area contributed by atoms with E-state index in [4.69, 9.17) is 14.2 Å². The summed E-state index contributed by atoms with van der Waals surface area (Å²) >= 11 is 0. The van der Waals surface area contributed by atoms with Crippen LogP contribution in [-0.4, -0.2) is 43.5 Å². The van der Waals surface area contributed by atoms with Crippen molar-refractivity contribution in [3.63, 3.8) is 0 Å². The number of esters is 2. The average Bonchev–Trinajstić information content (AvgIpc) is 3.35. The number of aryl methyl sites for hydroxylation is 1. The molecule has 208 valence electrons. The Morgan fingerprint density at radius 3 is 2.20 bits per heavy atom. The summed E-state index contributed by atoms with van der Waals surface area (Å²) in [6.45, 7) is 4.04. The third-order valence-electron chi connectivity index (χ3n) is 6.34. The predicted molar refractivity (Wildman–Crippen MR) is 149 cm³/mol. The van der Waals surface area contributed by atoms with Gasteiger partial charge in [-0.1, -0.05) is 31.0 Å². The number of hydrogen-bond donors (Lipinski definition) is 1. The lowest BCUT2D eigenvalue weighted by molar-refractivity contribution is -0.151. The molecule has 4 rings (SSSR count). The highest BCUT2D eigenvalue weighted by molar-refractivity contribution is 6.00. The molecule has 3 aromatic rings. The smallest absolute Gasteiger partial charge is 0.338 e. The summed E-state index contributed by atoms with van der Waals surface area (Å²) in [5, 5.41) is 2.62. The third kappa shape index (κ3) is 7.69. The van der Waals surface area contributed by atoms with Gasteiger partial charge in [0, 0.05) is 24.3 Å². The Hall–Kier alpha value is -4.66. The quantitative estimate of drug-likeness (QED) is 0.258. The fourth-order valence-electron chi connectivity index (χ4n) is 4.09. The van der Waals surface area contributed by atoms with Gasteiger partial charge in [-0.25, -0.2) is 4.79 Å². The van der Waals surface area contributed by atoms with Crippen LogP contribution in [0.15, 0.2) is 72.8 Å². The summed E-state index contributed by atoms with van der Waals surface area (Å²) in [6, 6.07) is 21.0. The molecule has 1 aliphatic heterocycles. The van der Waals surface area contributed by atoms with Crippen molar-refractivity contribution in [3.05, 3.63) is 83.9 Å². The highest BCUT2D eigenvalue weighted by Gasteiger charge is 2.36. The molecule has 1 fully saturated rings. The molecule has 0 aromatic heterocycles. The number of nitrogens with one attached hydrogen (secondary N) is 1. The molecule has 0 saturated carbocycles. The molecule has 0 radical (unpaired) electrons. The van der Waals surface area contributed by atoms with Gasteiger partial charge in [0.15, 0.2) is 6.61 Å². The third-order valence-corrected chi connectivity index (χ3v) is 6.34. The van der Waals surface area contributed by atoms with Gasteiger partial charge in [-0.05, 0) is 74.0 Å². The van der Waals surface area contributed by atoms with Crippen molar-refractivity contribution < 1.29 is 33.4 Å². The molecular weight excluding hydrogens is 512 g/mol. The SMILES string of the molecule is CCCCOC(=O)c1ccc(NC(=O)COC(=O)[C@H]2CC(=O)N(c3ccc(Oc4ccc(C)cc4)cc3)C2)cc1. The van der Waals surface area contributed by atoms with Gasteiger partial charge in [0.05, 0.1) is 18.1 Å². The summed E-state index contributed by atoms with van der Waals surface area (Å²) in [6.07, 6.45) is 1.72. The van der Waals surface area contributed by atoms with E-state index < -0.39 is 30.4 Å². The van der Waals surface area contributed by atoms with E-state index in [0.717, 1.165) is 18.4 Å². The molecule has 1 aliphatic rings. The van der Waals surface area contributed by atoms with E-state index in [1.165, 1.54) is 4.90 Å². The van der Waals surface area contributed by atoms with E-state index in [-0.39, 0.29) is 18.9 Å². The molecule has 0 unspecified atom stereocenters. The van der Waals surface area contributed by atoms with Gasteiger partial charge in [-0.3, -0.25) is 14.4 Å². The first-order valence-electron chi connectivity index (χ1n) is 13.2. The molecule has 40 heavy (non-hydrogen) atoms. The van der Waals surface area contributed by atoms with Crippen molar-refractivity contribution in [1.29, 1.82) is 0 Å². The number of carbonyl (C=O) groups is 4. The Morgan fingerprint density at radius 2 is 1.55 bits per heavy atom. The zero-order valence-electron chi connectivity index (χ0n) is 22.6. The molecule has 9 nitrogen and oxygen atoms in total. The van der Waals surface area contributed by atoms with Crippen molar-refractivity contribution in [1.82, 2.24) is 0 Å². The lowest BCUT2D eigenvalue weighted by Gasteiger charge is -2.17. The molecule has 0 aliphatic carbocycles. The number of rotatable bonds is 11. The maximum absolute atomic E-state index is 12.6. The van der Waals surface area contributed by atoms with Crippen LogP contribution in [0.5, 0.6) is 11.5 Å². The van der Waals surface area contributed by atoms with Crippen LogP contribution in [0, 0.1) is 12.8 Å². The monoisotopic (exact) mass is 544 g/mol. The van der Waals surface area contributed by atoms with Crippen LogP contribution in [0.1, 0.15) is 42.1 Å². The van der Waals surface area contributed by atoms with Gasteiger partial charge in [0.1, 0.15) is 11.5 Å². The fourth-order valence-corrected chi connectivity index (χ4v) is 4.09. The minimum absolute atomic E-state index is 0.00210. The standard InChI is InChI=1S/C31H32N2O7/c1-3-4-17-38-30(36)22-7-9-24(10-8-22)32-28(34)20-39-31(37)23-18-29(35)33(19-23)25-11-15-27(16-12-25)40-26-13-5-21(2)6-14-26/h5-16,23H,3-4,17-20H2,1-2H3,(H,32,34)/t23-/m0/s1. The van der Waals surface area contributed by atoms with Crippen LogP contribution < -0.4 is 15.0 Å². The second-order valence-corrected chi connectivity index (χ2v) is 9.54. The van der Waals surface area contributed by atoms with Crippen LogP contribution in [0.4, 0.5) is 11.4 Å². The van der Waals surface area contributed by atoms with Crippen molar-refractivity contribution in [2.24, 2.45) is 5.92 Å². The van der Waals surface area contributed by atoms with Gasteiger partial charge in [0.2, 0.25) is 5.91 Å². The van der Waals surface area contributed by atoms with Gasteiger partial charge >= 0.3 is 11.9 Å². The molecular formula is C31H32N2O7. The Morgan fingerprint density at radius 1 is 0.900 bits per heavy atom. The molecule has 0 bridgehead atoms. The molecule has 1 heterocycles. The Kier molecular flexibility index (Phi) is 9.51. The topological polar surface area (TPSA) is 111 Å². The van der Waals surface area contributed by atoms with Gasteiger partial charge in [-0.15, -0.1) is 0 Å². The van der Waals surface area contributed by atoms with Gasteiger partial charge in [-0.2, -0.15) is 0 Å². The van der Waals surface area contributed by atoms with Crippen LogP contribution in [0.3, 0.4) is 0 Å². The lowest BCUT2D eigenvalue weighted by Crippen LogP contribution is -2.28. The van der Waals surface area contributed by atoms with E-state index >= 15 is 0 Å². The zero-order valence-corrected chi connectivity index (χ0v) is 22.6. The van der Waals surface area contributed by atoms with E-state index in [1.807, 2.05) is 38.1 Å². The largest absolute Gasteiger partial charge is 0.462 e. The molecule has 1 N–H and O–H groups in total. The number of hydrogen-bond acceptors (Lipinski definition) is 7. The van der Waals surface area contributed by atoms with Crippen LogP contribution in [-0.2, 0) is 23.9 Å². The number of unbranched alkanes of at least 4 members (excludes halogenated alkanes) is 1. The Labute approximate surface area is 233 Å². The van der Waals surface area contributed by atoms with Crippen LogP contribution >= 0.6 is 0 Å². The number of nitrogens with zero attached hydrogens (tertiary/aromatic N) is 1. The number of benzene rings is 3. The van der Waals surface area contributed by atoms with Gasteiger partial charge < -0.3 is 24.4 Å². The fraction of sp³-hybridized carbons (Fsp3) is 0.290. The molecule has 9 heteroatoms. The van der Waals surface area contributed by atoms with Crippen LogP contribution in [0.2, 0.25) is 0 Å². The molecule has 0 spiro atoms. The van der Waals surface area contributed by atoms with Crippen molar-refractivity contribution in [2.75, 3.05) is 30.0 Å². The highest BCUT2D eigenvalue weighted by Crippen LogP contribution is 2.29. The first kappa shape index (κ1) is 28.4. The number of anilines is 2. The summed E-state index contributed by atoms with van der Waals surface area (Å²) in [7, 11) is 0. The second kappa shape index (κ2) is 13.4. The minimum atomic E-state index is -0.679. The summed E-state index contributed by atoms with van der Waals surface area (Å²) in [5.41, 5.74) is 2.61. The number of carbonyl (C=O) groups excluding carboxylic acids is 4. The number of ether oxygens (including phenoxy) is 3. The Balaban J connectivity index is 1.23. The normalized spacial score (nSPS) is 14.5. The minimum Gasteiger partial charge on any atom is -0.462 e. The first-order valence-corrected chi connectivity index (χ1v) is 13.2. The maximum atomic E-state index is 12.6. The molecule has 3 aromatic carbocycles. The second-order valence-electron chi connectivity index (χ2n) is 9.54. The Bertz CT molecular complexity index is 1340. The van der Waals surface area contributed by atoms with E-state index in [2.05, 4.69) is 5.32 Å². The van der Waals surface area contributed by atoms with Crippen molar-refractivity contribution in [3.8, 4) is 11.5 Å². The lowest BCUT2D eigenvalue weighted by atomic mass is 10.1. The molecule has 1 saturated heterocycles. The van der Waals surface area contributed by atoms with E-state index in [9.17, 15) is 19.2 Å².